The summed E-state index contributed by atoms with van der Waals surface area (Å²) in [4.78, 5) is 18.7. The molecule has 2 atom stereocenters. The van der Waals surface area contributed by atoms with Crippen molar-refractivity contribution < 1.29 is 13.2 Å². The minimum atomic E-state index is -3.11. The molecule has 0 saturated carbocycles. The van der Waals surface area contributed by atoms with Gasteiger partial charge in [0.15, 0.2) is 9.84 Å². The van der Waals surface area contributed by atoms with Crippen molar-refractivity contribution in [1.29, 1.82) is 0 Å². The lowest BCUT2D eigenvalue weighted by Crippen LogP contribution is -2.54. The highest BCUT2D eigenvalue weighted by Crippen LogP contribution is 2.22. The highest BCUT2D eigenvalue weighted by molar-refractivity contribution is 7.92. The van der Waals surface area contributed by atoms with Gasteiger partial charge in [-0.25, -0.2) is 13.4 Å². The molecule has 1 aromatic heterocycles. The molecule has 5 nitrogen and oxygen atoms in total. The summed E-state index contributed by atoms with van der Waals surface area (Å²) in [5.41, 5.74) is 1.12. The Morgan fingerprint density at radius 3 is 2.68 bits per heavy atom. The second-order valence-corrected chi connectivity index (χ2v) is 8.18. The van der Waals surface area contributed by atoms with Crippen molar-refractivity contribution in [3.05, 3.63) is 42.1 Å². The van der Waals surface area contributed by atoms with Crippen LogP contribution in [-0.2, 0) is 9.84 Å². The van der Waals surface area contributed by atoms with Crippen LogP contribution in [0.5, 0.6) is 0 Å². The van der Waals surface area contributed by atoms with Crippen molar-refractivity contribution in [2.24, 2.45) is 0 Å². The Bertz CT molecular complexity index is 832. The second kappa shape index (κ2) is 5.35. The number of nitrogens with zero attached hydrogens (tertiary/aromatic N) is 2. The average Bonchev–Trinajstić information content (AvgIpc) is 2.52. The maximum atomic E-state index is 12.7. The number of pyridine rings is 1. The summed E-state index contributed by atoms with van der Waals surface area (Å²) in [5.74, 6) is -0.197. The van der Waals surface area contributed by atoms with Crippen LogP contribution in [0.3, 0.4) is 0 Å². The lowest BCUT2D eigenvalue weighted by Gasteiger charge is -2.37. The molecule has 0 aliphatic carbocycles. The van der Waals surface area contributed by atoms with Gasteiger partial charge in [0.25, 0.3) is 5.91 Å². The van der Waals surface area contributed by atoms with Crippen LogP contribution in [0.1, 0.15) is 24.3 Å². The quantitative estimate of drug-likeness (QED) is 0.805. The molecule has 3 rings (SSSR count). The zero-order chi connectivity index (χ0) is 15.9. The first-order chi connectivity index (χ1) is 10.4. The minimum Gasteiger partial charge on any atom is -0.332 e. The molecule has 0 radical (unpaired) electrons. The fourth-order valence-electron chi connectivity index (χ4n) is 2.79. The maximum Gasteiger partial charge on any atom is 0.272 e. The number of amides is 1. The zero-order valence-corrected chi connectivity index (χ0v) is 13.4. The molecule has 1 aromatic carbocycles. The Hall–Kier alpha value is -1.95. The van der Waals surface area contributed by atoms with Crippen molar-refractivity contribution >= 4 is 26.6 Å². The average molecular weight is 318 g/mol. The van der Waals surface area contributed by atoms with E-state index in [2.05, 4.69) is 4.98 Å². The van der Waals surface area contributed by atoms with E-state index in [1.807, 2.05) is 30.3 Å². The fourth-order valence-corrected chi connectivity index (χ4v) is 4.36. The van der Waals surface area contributed by atoms with Gasteiger partial charge in [0.05, 0.1) is 16.5 Å². The zero-order valence-electron chi connectivity index (χ0n) is 12.6. The van der Waals surface area contributed by atoms with Gasteiger partial charge in [-0.2, -0.15) is 0 Å². The summed E-state index contributed by atoms with van der Waals surface area (Å²) in [6, 6.07) is 10.8. The van der Waals surface area contributed by atoms with E-state index in [9.17, 15) is 13.2 Å². The van der Waals surface area contributed by atoms with E-state index in [1.165, 1.54) is 0 Å². The molecule has 1 saturated heterocycles. The number of benzene rings is 1. The number of aromatic nitrogens is 1. The molecule has 1 aliphatic heterocycles. The van der Waals surface area contributed by atoms with E-state index in [0.717, 1.165) is 10.9 Å². The molecule has 22 heavy (non-hydrogen) atoms. The van der Waals surface area contributed by atoms with Gasteiger partial charge in [0.1, 0.15) is 5.69 Å². The number of fused-ring (bicyclic) bond motifs is 1. The van der Waals surface area contributed by atoms with Gasteiger partial charge < -0.3 is 4.90 Å². The smallest absolute Gasteiger partial charge is 0.272 e. The molecule has 0 N–H and O–H groups in total. The number of carbonyl (C=O) groups is 1. The SMILES string of the molecule is C[C@@H]1[C@H](C)N(C(=O)c2ccc3ccccc3n2)CCS1(=O)=O. The monoisotopic (exact) mass is 318 g/mol. The fraction of sp³-hybridized carbons (Fsp3) is 0.375. The van der Waals surface area contributed by atoms with Gasteiger partial charge in [0, 0.05) is 18.0 Å². The van der Waals surface area contributed by atoms with Crippen LogP contribution in [0.4, 0.5) is 0 Å². The molecule has 116 valence electrons. The third kappa shape index (κ3) is 2.47. The summed E-state index contributed by atoms with van der Waals surface area (Å²) in [6.07, 6.45) is 0. The predicted octanol–water partition coefficient (Wildman–Crippen LogP) is 1.88. The van der Waals surface area contributed by atoms with Crippen molar-refractivity contribution in [3.8, 4) is 0 Å². The van der Waals surface area contributed by atoms with Crippen LogP contribution in [0.25, 0.3) is 10.9 Å². The third-order valence-electron chi connectivity index (χ3n) is 4.43. The number of carbonyl (C=O) groups excluding carboxylic acids is 1. The van der Waals surface area contributed by atoms with E-state index in [1.54, 1.807) is 24.8 Å². The maximum absolute atomic E-state index is 12.7. The van der Waals surface area contributed by atoms with E-state index in [0.29, 0.717) is 5.69 Å². The summed E-state index contributed by atoms with van der Waals surface area (Å²) >= 11 is 0. The molecule has 1 aliphatic rings. The van der Waals surface area contributed by atoms with Crippen LogP contribution in [0.15, 0.2) is 36.4 Å². The van der Waals surface area contributed by atoms with Crippen LogP contribution in [-0.4, -0.2) is 47.8 Å². The second-order valence-electron chi connectivity index (χ2n) is 5.70. The van der Waals surface area contributed by atoms with Gasteiger partial charge in [-0.05, 0) is 26.0 Å². The molecular formula is C16H18N2O3S. The summed E-state index contributed by atoms with van der Waals surface area (Å²) in [7, 11) is -3.11. The first-order valence-corrected chi connectivity index (χ1v) is 9.00. The lowest BCUT2D eigenvalue weighted by atomic mass is 10.1. The van der Waals surface area contributed by atoms with E-state index in [4.69, 9.17) is 0 Å². The van der Waals surface area contributed by atoms with E-state index < -0.39 is 15.1 Å². The molecule has 0 spiro atoms. The van der Waals surface area contributed by atoms with Crippen molar-refractivity contribution in [2.75, 3.05) is 12.3 Å². The largest absolute Gasteiger partial charge is 0.332 e. The molecule has 0 bridgehead atoms. The number of para-hydroxylation sites is 1. The van der Waals surface area contributed by atoms with Gasteiger partial charge in [-0.15, -0.1) is 0 Å². The topological polar surface area (TPSA) is 67.3 Å². The molecule has 1 amide bonds. The first kappa shape index (κ1) is 15.0. The molecule has 6 heteroatoms. The van der Waals surface area contributed by atoms with E-state index >= 15 is 0 Å². The van der Waals surface area contributed by atoms with Crippen LogP contribution >= 0.6 is 0 Å². The number of sulfone groups is 1. The summed E-state index contributed by atoms with van der Waals surface area (Å²) in [6.45, 7) is 3.66. The first-order valence-electron chi connectivity index (χ1n) is 7.28. The Balaban J connectivity index is 1.92. The Labute approximate surface area is 129 Å². The van der Waals surface area contributed by atoms with Gasteiger partial charge in [-0.1, -0.05) is 24.3 Å². The van der Waals surface area contributed by atoms with Crippen LogP contribution in [0.2, 0.25) is 0 Å². The Morgan fingerprint density at radius 2 is 1.91 bits per heavy atom. The molecule has 1 fully saturated rings. The number of hydrogen-bond acceptors (Lipinski definition) is 4. The lowest BCUT2D eigenvalue weighted by molar-refractivity contribution is 0.0687. The summed E-state index contributed by atoms with van der Waals surface area (Å²) < 4.78 is 23.8. The van der Waals surface area contributed by atoms with Crippen LogP contribution in [0, 0.1) is 0 Å². The Kier molecular flexibility index (Phi) is 3.64. The van der Waals surface area contributed by atoms with Crippen LogP contribution < -0.4 is 0 Å². The Morgan fingerprint density at radius 1 is 1.18 bits per heavy atom. The third-order valence-corrected chi connectivity index (χ3v) is 6.71. The normalized spacial score (nSPS) is 24.4. The number of rotatable bonds is 1. The highest BCUT2D eigenvalue weighted by Gasteiger charge is 2.38. The molecule has 2 heterocycles. The standard InChI is InChI=1S/C16H18N2O3S/c1-11-12(2)22(20,21)10-9-18(11)16(19)15-8-7-13-5-3-4-6-14(13)17-15/h3-8,11-12H,9-10H2,1-2H3/t11-,12+/m0/s1. The van der Waals surface area contributed by atoms with Gasteiger partial charge >= 0.3 is 0 Å². The molecular weight excluding hydrogens is 300 g/mol. The van der Waals surface area contributed by atoms with Crippen molar-refractivity contribution in [3.63, 3.8) is 0 Å². The van der Waals surface area contributed by atoms with Gasteiger partial charge in [0.2, 0.25) is 0 Å². The number of hydrogen-bond donors (Lipinski definition) is 0. The van der Waals surface area contributed by atoms with E-state index in [-0.39, 0.29) is 24.2 Å². The highest BCUT2D eigenvalue weighted by atomic mass is 32.2. The predicted molar refractivity (Wildman–Crippen MR) is 85.5 cm³/mol. The van der Waals surface area contributed by atoms with Crippen molar-refractivity contribution in [1.82, 2.24) is 9.88 Å². The minimum absolute atomic E-state index is 0.0117. The van der Waals surface area contributed by atoms with Gasteiger partial charge in [-0.3, -0.25) is 4.79 Å². The molecule has 0 unspecified atom stereocenters. The van der Waals surface area contributed by atoms with Crippen molar-refractivity contribution in [2.45, 2.75) is 25.1 Å². The summed E-state index contributed by atoms with van der Waals surface area (Å²) in [5, 5.41) is 0.423. The molecule has 2 aromatic rings.